The lowest BCUT2D eigenvalue weighted by atomic mass is 10.2. The molecule has 0 aromatic heterocycles. The number of carbonyl (C=O) groups is 2. The Hall–Kier alpha value is -2.44. The van der Waals surface area contributed by atoms with Crippen LogP contribution in [0.4, 0.5) is 10.5 Å². The quantitative estimate of drug-likeness (QED) is 0.173. The van der Waals surface area contributed by atoms with Crippen molar-refractivity contribution >= 4 is 17.7 Å². The van der Waals surface area contributed by atoms with Gasteiger partial charge in [0.15, 0.2) is 0 Å². The molecule has 0 bridgehead atoms. The first kappa shape index (κ1) is 59.9. The van der Waals surface area contributed by atoms with Gasteiger partial charge in [-0.1, -0.05) is 87.4 Å². The van der Waals surface area contributed by atoms with E-state index in [0.717, 1.165) is 17.4 Å². The van der Waals surface area contributed by atoms with Gasteiger partial charge in [0, 0.05) is 25.3 Å². The van der Waals surface area contributed by atoms with Crippen molar-refractivity contribution in [2.45, 2.75) is 142 Å². The molecule has 1 saturated heterocycles. The number of nitrogens with one attached hydrogen (secondary N) is 1. The van der Waals surface area contributed by atoms with E-state index in [0.29, 0.717) is 0 Å². The minimum Gasteiger partial charge on any atom is -0.480 e. The summed E-state index contributed by atoms with van der Waals surface area (Å²) in [5.74, 6) is -0.297. The van der Waals surface area contributed by atoms with Crippen molar-refractivity contribution in [3.63, 3.8) is 0 Å². The smallest absolute Gasteiger partial charge is 0.411 e. The fraction of sp³-hybridized carbons (Fsp3) is 0.778. The van der Waals surface area contributed by atoms with Crippen molar-refractivity contribution in [1.29, 1.82) is 0 Å². The number of ether oxygens (including phenoxy) is 2. The van der Waals surface area contributed by atoms with Gasteiger partial charge in [-0.15, -0.1) is 0 Å². The first-order chi connectivity index (χ1) is 21.6. The van der Waals surface area contributed by atoms with Crippen molar-refractivity contribution in [3.8, 4) is 0 Å². The number of carboxylic acid groups (broad SMARTS) is 1. The van der Waals surface area contributed by atoms with Gasteiger partial charge in [0.2, 0.25) is 0 Å². The number of nitrogens with two attached hydrogens (primary N) is 1. The largest absolute Gasteiger partial charge is 0.480 e. The number of aliphatic carboxylic acids is 1. The molecule has 3 unspecified atom stereocenters. The van der Waals surface area contributed by atoms with Crippen LogP contribution in [0.25, 0.3) is 0 Å². The molecule has 1 heterocycles. The van der Waals surface area contributed by atoms with Crippen LogP contribution in [0.5, 0.6) is 0 Å². The zero-order valence-electron chi connectivity index (χ0n) is 32.3. The molecule has 7 N–H and O–H groups in total. The van der Waals surface area contributed by atoms with Crippen molar-refractivity contribution in [2.24, 2.45) is 11.7 Å². The maximum Gasteiger partial charge on any atom is 0.411 e. The van der Waals surface area contributed by atoms with E-state index in [1.165, 1.54) is 18.3 Å². The van der Waals surface area contributed by atoms with Crippen molar-refractivity contribution < 1.29 is 39.5 Å². The summed E-state index contributed by atoms with van der Waals surface area (Å²) in [6.45, 7) is 30.2. The number of amides is 1. The molecule has 11 heteroatoms. The number of nitrogens with zero attached hydrogens (tertiary/aromatic N) is 1. The molecule has 1 aromatic carbocycles. The van der Waals surface area contributed by atoms with E-state index in [-0.39, 0.29) is 33.6 Å². The molecule has 47 heavy (non-hydrogen) atoms. The molecule has 2 rings (SSSR count). The molecule has 0 spiro atoms. The fourth-order valence-electron chi connectivity index (χ4n) is 2.85. The van der Waals surface area contributed by atoms with Gasteiger partial charge in [0.05, 0.1) is 25.9 Å². The summed E-state index contributed by atoms with van der Waals surface area (Å²) in [7, 11) is 1.50. The van der Waals surface area contributed by atoms with Crippen molar-refractivity contribution in [1.82, 2.24) is 4.90 Å². The molecule has 0 radical (unpaired) electrons. The number of hydrogen-bond donors (Lipinski definition) is 6. The Morgan fingerprint density at radius 2 is 1.38 bits per heavy atom. The Bertz CT molecular complexity index is 755. The number of likely N-dealkylation sites (tertiary alicyclic amines) is 1. The number of aliphatic hydroxyl groups excluding tert-OH is 3. The van der Waals surface area contributed by atoms with Gasteiger partial charge < -0.3 is 41.0 Å². The number of carboxylic acids is 1. The minimum atomic E-state index is -1.13. The highest BCUT2D eigenvalue weighted by molar-refractivity contribution is 5.81. The Morgan fingerprint density at radius 1 is 0.979 bits per heavy atom. The Kier molecular flexibility index (Phi) is 53.0. The SMILES string of the molecule is C.CC.CC.CC.CC(C)(C)OC(=O)N1CC(OCC(O)CO)CC1C(=O)O.CC(C)C.CCNc1ccc(C)cc1.CCO.CN. The fourth-order valence-corrected chi connectivity index (χ4v) is 2.85. The van der Waals surface area contributed by atoms with Crippen LogP contribution in [0.15, 0.2) is 24.3 Å². The predicted molar refractivity (Wildman–Crippen MR) is 201 cm³/mol. The molecule has 1 aliphatic heterocycles. The topological polar surface area (TPSA) is 175 Å². The van der Waals surface area contributed by atoms with Crippen LogP contribution in [0, 0.1) is 12.8 Å². The average Bonchev–Trinajstić information content (AvgIpc) is 3.46. The molecule has 0 saturated carbocycles. The lowest BCUT2D eigenvalue weighted by Gasteiger charge is -2.26. The maximum atomic E-state index is 12.0. The van der Waals surface area contributed by atoms with Crippen LogP contribution in [0.3, 0.4) is 0 Å². The summed E-state index contributed by atoms with van der Waals surface area (Å²) in [6.07, 6.45) is -2.13. The first-order valence-electron chi connectivity index (χ1n) is 16.7. The Labute approximate surface area is 290 Å². The molecule has 1 aliphatic rings. The molecule has 1 amide bonds. The van der Waals surface area contributed by atoms with E-state index < -0.39 is 42.5 Å². The Morgan fingerprint density at radius 3 is 1.70 bits per heavy atom. The highest BCUT2D eigenvalue weighted by Gasteiger charge is 2.42. The zero-order valence-corrected chi connectivity index (χ0v) is 32.3. The molecule has 1 fully saturated rings. The summed E-state index contributed by atoms with van der Waals surface area (Å²) in [6, 6.07) is 7.39. The van der Waals surface area contributed by atoms with Gasteiger partial charge in [0.1, 0.15) is 17.7 Å². The molecule has 3 atom stereocenters. The maximum absolute atomic E-state index is 12.0. The number of carbonyl (C=O) groups excluding carboxylic acids is 1. The second-order valence-electron chi connectivity index (χ2n) is 10.5. The summed E-state index contributed by atoms with van der Waals surface area (Å²) in [4.78, 5) is 24.4. The van der Waals surface area contributed by atoms with Gasteiger partial charge >= 0.3 is 12.1 Å². The number of aliphatic hydroxyl groups is 3. The van der Waals surface area contributed by atoms with Gasteiger partial charge in [0.25, 0.3) is 0 Å². The van der Waals surface area contributed by atoms with Gasteiger partial charge in [-0.2, -0.15) is 0 Å². The van der Waals surface area contributed by atoms with Crippen LogP contribution in [-0.2, 0) is 14.3 Å². The third kappa shape index (κ3) is 41.5. The van der Waals surface area contributed by atoms with E-state index in [1.807, 2.05) is 41.5 Å². The second kappa shape index (κ2) is 41.6. The molecular weight excluding hydrogens is 602 g/mol. The van der Waals surface area contributed by atoms with Crippen molar-refractivity contribution in [2.75, 3.05) is 45.3 Å². The lowest BCUT2D eigenvalue weighted by molar-refractivity contribution is -0.142. The number of anilines is 1. The zero-order chi connectivity index (χ0) is 37.9. The van der Waals surface area contributed by atoms with E-state index in [1.54, 1.807) is 27.7 Å². The number of aryl methyl sites for hydroxylation is 1. The third-order valence-electron chi connectivity index (χ3n) is 4.34. The van der Waals surface area contributed by atoms with Crippen LogP contribution >= 0.6 is 0 Å². The molecular formula is C36H79N3O8. The average molecular weight is 682 g/mol. The van der Waals surface area contributed by atoms with E-state index in [9.17, 15) is 19.8 Å². The predicted octanol–water partition coefficient (Wildman–Crippen LogP) is 7.20. The summed E-state index contributed by atoms with van der Waals surface area (Å²) < 4.78 is 10.5. The van der Waals surface area contributed by atoms with Crippen molar-refractivity contribution in [3.05, 3.63) is 29.8 Å². The van der Waals surface area contributed by atoms with Gasteiger partial charge in [-0.25, -0.2) is 9.59 Å². The number of hydrogen-bond acceptors (Lipinski definition) is 9. The molecule has 0 aliphatic carbocycles. The summed E-state index contributed by atoms with van der Waals surface area (Å²) >= 11 is 0. The van der Waals surface area contributed by atoms with Crippen LogP contribution in [0.1, 0.15) is 116 Å². The standard InChI is InChI=1S/C13H23NO7.C9H13N.C4H10.C2H6O.3C2H6.CH5N.CH4/c1-13(2,3)21-12(19)14-5-9(4-10(14)11(17)18)20-7-8(16)6-15;1-3-10-9-6-4-8(2)5-7-9;1-4(2)3;1-2-3;4*1-2;/h8-10,15-16H,4-7H2,1-3H3,(H,17,18);4-7,10H,3H2,1-2H3;4H,1-3H3;3H,2H2,1H3;3*1-2H3;2H2,1H3;1H4. The Balaban J connectivity index is -0.000000103. The number of rotatable bonds is 7. The van der Waals surface area contributed by atoms with Crippen LogP contribution in [0.2, 0.25) is 0 Å². The molecule has 1 aromatic rings. The van der Waals surface area contributed by atoms with Gasteiger partial charge in [-0.3, -0.25) is 4.90 Å². The van der Waals surface area contributed by atoms with Crippen LogP contribution < -0.4 is 11.1 Å². The van der Waals surface area contributed by atoms with E-state index >= 15 is 0 Å². The summed E-state index contributed by atoms with van der Waals surface area (Å²) in [5, 5.41) is 37.9. The highest BCUT2D eigenvalue weighted by atomic mass is 16.6. The van der Waals surface area contributed by atoms with Crippen LogP contribution in [-0.4, -0.2) is 101 Å². The normalized spacial score (nSPS) is 14.4. The number of benzene rings is 1. The summed E-state index contributed by atoms with van der Waals surface area (Å²) in [5.41, 5.74) is 6.29. The van der Waals surface area contributed by atoms with Gasteiger partial charge in [-0.05, 0) is 66.6 Å². The first-order valence-corrected chi connectivity index (χ1v) is 16.7. The molecule has 286 valence electrons. The monoisotopic (exact) mass is 682 g/mol. The highest BCUT2D eigenvalue weighted by Crippen LogP contribution is 2.23. The minimum absolute atomic E-state index is 0. The second-order valence-corrected chi connectivity index (χ2v) is 10.5. The third-order valence-corrected chi connectivity index (χ3v) is 4.34. The van der Waals surface area contributed by atoms with E-state index in [4.69, 9.17) is 19.7 Å². The van der Waals surface area contributed by atoms with E-state index in [2.05, 4.69) is 69.9 Å². The lowest BCUT2D eigenvalue weighted by Crippen LogP contribution is -2.43. The molecule has 11 nitrogen and oxygen atoms in total.